The van der Waals surface area contributed by atoms with Crippen molar-refractivity contribution in [2.75, 3.05) is 18.5 Å². The monoisotopic (exact) mass is 325 g/mol. The highest BCUT2D eigenvalue weighted by atomic mass is 19.1. The van der Waals surface area contributed by atoms with Gasteiger partial charge in [0.05, 0.1) is 18.1 Å². The first-order chi connectivity index (χ1) is 11.5. The summed E-state index contributed by atoms with van der Waals surface area (Å²) in [7, 11) is 1.97. The Kier molecular flexibility index (Phi) is 4.55. The van der Waals surface area contributed by atoms with E-state index in [0.717, 1.165) is 35.7 Å². The van der Waals surface area contributed by atoms with Crippen LogP contribution in [-0.4, -0.2) is 33.3 Å². The van der Waals surface area contributed by atoms with Gasteiger partial charge in [-0.1, -0.05) is 12.1 Å². The first-order valence-electron chi connectivity index (χ1n) is 7.84. The van der Waals surface area contributed by atoms with Crippen LogP contribution in [0.3, 0.4) is 0 Å². The zero-order valence-electron chi connectivity index (χ0n) is 14.1. The lowest BCUT2D eigenvalue weighted by molar-refractivity contribution is 0.627. The Morgan fingerprint density at radius 2 is 1.88 bits per heavy atom. The number of aromatic nitrogens is 4. The van der Waals surface area contributed by atoms with Crippen molar-refractivity contribution in [1.29, 1.82) is 0 Å². The minimum Gasteiger partial charge on any atom is -0.358 e. The highest BCUT2D eigenvalue weighted by Gasteiger charge is 2.09. The van der Waals surface area contributed by atoms with E-state index in [1.165, 1.54) is 12.1 Å². The summed E-state index contributed by atoms with van der Waals surface area (Å²) in [4.78, 5) is 11.0. The van der Waals surface area contributed by atoms with Crippen molar-refractivity contribution in [2.24, 2.45) is 0 Å². The van der Waals surface area contributed by atoms with Gasteiger partial charge in [0.15, 0.2) is 5.82 Å². The molecular weight excluding hydrogens is 305 g/mol. The Bertz CT molecular complexity index is 826. The quantitative estimate of drug-likeness (QED) is 0.723. The normalized spacial score (nSPS) is 10.8. The Morgan fingerprint density at radius 3 is 2.54 bits per heavy atom. The highest BCUT2D eigenvalue weighted by Crippen LogP contribution is 2.14. The van der Waals surface area contributed by atoms with Gasteiger partial charge in [-0.2, -0.15) is 5.10 Å². The molecule has 0 bridgehead atoms. The number of nitrogens with zero attached hydrogens (tertiary/aromatic N) is 5. The largest absolute Gasteiger partial charge is 0.358 e. The third-order valence-corrected chi connectivity index (χ3v) is 3.88. The number of hydrogen-bond acceptors (Lipinski definition) is 4. The standard InChI is InChI=1S/C18H20FN5/c1-13-10-14(2)24(22-13)18-12-20-11-17(21-18)23(3)9-8-15-4-6-16(19)7-5-15/h4-7,10-12H,8-9H2,1-3H3. The molecule has 2 heterocycles. The molecule has 0 spiro atoms. The molecule has 3 aromatic rings. The van der Waals surface area contributed by atoms with Crippen molar-refractivity contribution in [2.45, 2.75) is 20.3 Å². The minimum absolute atomic E-state index is 0.212. The van der Waals surface area contributed by atoms with E-state index in [1.807, 2.05) is 31.9 Å². The lowest BCUT2D eigenvalue weighted by atomic mass is 10.1. The molecular formula is C18H20FN5. The molecule has 0 aliphatic heterocycles. The van der Waals surface area contributed by atoms with Crippen molar-refractivity contribution in [3.63, 3.8) is 0 Å². The van der Waals surface area contributed by atoms with Gasteiger partial charge in [0.25, 0.3) is 0 Å². The predicted molar refractivity (Wildman–Crippen MR) is 92.0 cm³/mol. The maximum atomic E-state index is 13.0. The van der Waals surface area contributed by atoms with E-state index in [-0.39, 0.29) is 5.82 Å². The van der Waals surface area contributed by atoms with Crippen molar-refractivity contribution in [1.82, 2.24) is 19.7 Å². The summed E-state index contributed by atoms with van der Waals surface area (Å²) in [6.07, 6.45) is 4.25. The summed E-state index contributed by atoms with van der Waals surface area (Å²) in [6.45, 7) is 4.71. The van der Waals surface area contributed by atoms with Crippen LogP contribution in [0.1, 0.15) is 17.0 Å². The summed E-state index contributed by atoms with van der Waals surface area (Å²) < 4.78 is 14.7. The Labute approximate surface area is 140 Å². The van der Waals surface area contributed by atoms with Crippen molar-refractivity contribution >= 4 is 5.82 Å². The van der Waals surface area contributed by atoms with Crippen molar-refractivity contribution < 1.29 is 4.39 Å². The summed E-state index contributed by atoms with van der Waals surface area (Å²) in [5, 5.41) is 4.44. The number of benzene rings is 1. The summed E-state index contributed by atoms with van der Waals surface area (Å²) >= 11 is 0. The molecule has 3 rings (SSSR count). The summed E-state index contributed by atoms with van der Waals surface area (Å²) in [5.74, 6) is 1.27. The van der Waals surface area contributed by atoms with Crippen LogP contribution in [0.25, 0.3) is 5.82 Å². The third kappa shape index (κ3) is 3.59. The van der Waals surface area contributed by atoms with Gasteiger partial charge in [-0.3, -0.25) is 4.98 Å². The van der Waals surface area contributed by atoms with Crippen LogP contribution in [0.2, 0.25) is 0 Å². The minimum atomic E-state index is -0.212. The van der Waals surface area contributed by atoms with Crippen molar-refractivity contribution in [3.05, 3.63) is 65.5 Å². The summed E-state index contributed by atoms with van der Waals surface area (Å²) in [6, 6.07) is 8.59. The first-order valence-corrected chi connectivity index (χ1v) is 7.84. The molecule has 0 amide bonds. The van der Waals surface area contributed by atoms with Crippen LogP contribution in [0.15, 0.2) is 42.7 Å². The van der Waals surface area contributed by atoms with Gasteiger partial charge in [-0.25, -0.2) is 14.1 Å². The van der Waals surface area contributed by atoms with Crippen molar-refractivity contribution in [3.8, 4) is 5.82 Å². The molecule has 0 unspecified atom stereocenters. The fourth-order valence-corrected chi connectivity index (χ4v) is 2.55. The van der Waals surface area contributed by atoms with Gasteiger partial charge >= 0.3 is 0 Å². The molecule has 0 aliphatic carbocycles. The van der Waals surface area contributed by atoms with Crippen LogP contribution in [0, 0.1) is 19.7 Å². The molecule has 5 nitrogen and oxygen atoms in total. The predicted octanol–water partition coefficient (Wildman–Crippen LogP) is 3.10. The molecule has 0 N–H and O–H groups in total. The molecule has 0 aliphatic rings. The van der Waals surface area contributed by atoms with E-state index < -0.39 is 0 Å². The molecule has 1 aromatic carbocycles. The molecule has 124 valence electrons. The molecule has 0 saturated heterocycles. The zero-order chi connectivity index (χ0) is 17.1. The second-order valence-corrected chi connectivity index (χ2v) is 5.87. The number of likely N-dealkylation sites (N-methyl/N-ethyl adjacent to an activating group) is 1. The average Bonchev–Trinajstić information content (AvgIpc) is 2.92. The van der Waals surface area contributed by atoms with Crippen LogP contribution in [0.4, 0.5) is 10.2 Å². The first kappa shape index (κ1) is 16.1. The number of rotatable bonds is 5. The second-order valence-electron chi connectivity index (χ2n) is 5.87. The molecule has 0 atom stereocenters. The van der Waals surface area contributed by atoms with E-state index >= 15 is 0 Å². The Hall–Kier alpha value is -2.76. The average molecular weight is 325 g/mol. The van der Waals surface area contributed by atoms with Gasteiger partial charge < -0.3 is 4.90 Å². The molecule has 2 aromatic heterocycles. The third-order valence-electron chi connectivity index (χ3n) is 3.88. The maximum absolute atomic E-state index is 13.0. The second kappa shape index (κ2) is 6.78. The van der Waals surface area contributed by atoms with Crippen LogP contribution in [0.5, 0.6) is 0 Å². The van der Waals surface area contributed by atoms with Gasteiger partial charge in [-0.15, -0.1) is 0 Å². The van der Waals surface area contributed by atoms with Gasteiger partial charge in [0, 0.05) is 19.3 Å². The molecule has 6 heteroatoms. The van der Waals surface area contributed by atoms with Gasteiger partial charge in [-0.05, 0) is 44.0 Å². The lowest BCUT2D eigenvalue weighted by Gasteiger charge is -2.18. The molecule has 0 radical (unpaired) electrons. The van der Waals surface area contributed by atoms with E-state index in [0.29, 0.717) is 5.82 Å². The van der Waals surface area contributed by atoms with E-state index in [9.17, 15) is 4.39 Å². The fourth-order valence-electron chi connectivity index (χ4n) is 2.55. The van der Waals surface area contributed by atoms with Crippen LogP contribution < -0.4 is 4.90 Å². The number of aryl methyl sites for hydroxylation is 2. The van der Waals surface area contributed by atoms with E-state index in [2.05, 4.69) is 15.1 Å². The highest BCUT2D eigenvalue weighted by molar-refractivity contribution is 5.39. The SMILES string of the molecule is Cc1cc(C)n(-c2cncc(N(C)CCc3ccc(F)cc3)n2)n1. The van der Waals surface area contributed by atoms with E-state index in [1.54, 1.807) is 29.2 Å². The number of hydrogen-bond donors (Lipinski definition) is 0. The number of anilines is 1. The van der Waals surface area contributed by atoms with Crippen LogP contribution in [-0.2, 0) is 6.42 Å². The molecule has 0 fully saturated rings. The lowest BCUT2D eigenvalue weighted by Crippen LogP contribution is -2.22. The Morgan fingerprint density at radius 1 is 1.12 bits per heavy atom. The topological polar surface area (TPSA) is 46.8 Å². The fraction of sp³-hybridized carbons (Fsp3) is 0.278. The Balaban J connectivity index is 1.73. The smallest absolute Gasteiger partial charge is 0.174 e. The zero-order valence-corrected chi connectivity index (χ0v) is 14.1. The number of halogens is 1. The molecule has 0 saturated carbocycles. The van der Waals surface area contributed by atoms with Crippen LogP contribution >= 0.6 is 0 Å². The van der Waals surface area contributed by atoms with E-state index in [4.69, 9.17) is 0 Å². The molecule has 24 heavy (non-hydrogen) atoms. The van der Waals surface area contributed by atoms with Gasteiger partial charge in [0.1, 0.15) is 11.6 Å². The maximum Gasteiger partial charge on any atom is 0.174 e. The van der Waals surface area contributed by atoms with Gasteiger partial charge in [0.2, 0.25) is 0 Å². The summed E-state index contributed by atoms with van der Waals surface area (Å²) in [5.41, 5.74) is 3.06.